The molecule has 0 spiro atoms. The summed E-state index contributed by atoms with van der Waals surface area (Å²) in [6.45, 7) is 6.34. The molecule has 2 nitrogen and oxygen atoms in total. The minimum atomic E-state index is 0.340. The van der Waals surface area contributed by atoms with Gasteiger partial charge < -0.3 is 9.47 Å². The number of hydrogen-bond donors (Lipinski definition) is 0. The summed E-state index contributed by atoms with van der Waals surface area (Å²) in [6.07, 6.45) is 0. The van der Waals surface area contributed by atoms with Gasteiger partial charge in [0.05, 0.1) is 0 Å². The van der Waals surface area contributed by atoms with E-state index in [1.165, 1.54) is 0 Å². The highest BCUT2D eigenvalue weighted by molar-refractivity contribution is 9.10. The van der Waals surface area contributed by atoms with E-state index in [-0.39, 0.29) is 0 Å². The Balaban J connectivity index is 0.000000396. The van der Waals surface area contributed by atoms with Gasteiger partial charge in [0.25, 0.3) is 0 Å². The van der Waals surface area contributed by atoms with Crippen molar-refractivity contribution in [3.8, 4) is 11.5 Å². The SMILES string of the molecule is CC.Cc1c(Br)ccc2c1OCO2. The third-order valence-corrected chi connectivity index (χ3v) is 2.58. The van der Waals surface area contributed by atoms with Crippen molar-refractivity contribution >= 4 is 15.9 Å². The average molecular weight is 245 g/mol. The maximum Gasteiger partial charge on any atom is 0.231 e. The highest BCUT2D eigenvalue weighted by Gasteiger charge is 2.16. The Labute approximate surface area is 87.0 Å². The molecule has 0 aliphatic carbocycles. The summed E-state index contributed by atoms with van der Waals surface area (Å²) >= 11 is 3.41. The third kappa shape index (κ3) is 1.97. The van der Waals surface area contributed by atoms with E-state index < -0.39 is 0 Å². The van der Waals surface area contributed by atoms with Gasteiger partial charge >= 0.3 is 0 Å². The minimum Gasteiger partial charge on any atom is -0.454 e. The van der Waals surface area contributed by atoms with Gasteiger partial charge in [0.2, 0.25) is 6.79 Å². The van der Waals surface area contributed by atoms with Gasteiger partial charge in [-0.3, -0.25) is 0 Å². The molecule has 3 heteroatoms. The summed E-state index contributed by atoms with van der Waals surface area (Å²) in [6, 6.07) is 3.86. The Hall–Kier alpha value is -0.700. The summed E-state index contributed by atoms with van der Waals surface area (Å²) < 4.78 is 11.5. The molecule has 72 valence electrons. The molecule has 0 radical (unpaired) electrons. The lowest BCUT2D eigenvalue weighted by Gasteiger charge is -2.01. The Morgan fingerprint density at radius 1 is 1.23 bits per heavy atom. The third-order valence-electron chi connectivity index (χ3n) is 1.72. The van der Waals surface area contributed by atoms with Gasteiger partial charge in [-0.15, -0.1) is 0 Å². The first-order valence-electron chi connectivity index (χ1n) is 4.34. The number of halogens is 1. The quantitative estimate of drug-likeness (QED) is 0.696. The molecule has 0 N–H and O–H groups in total. The van der Waals surface area contributed by atoms with Gasteiger partial charge in [-0.2, -0.15) is 0 Å². The predicted octanol–water partition coefficient (Wildman–Crippen LogP) is 3.51. The molecule has 0 saturated heterocycles. The molecule has 0 bridgehead atoms. The van der Waals surface area contributed by atoms with Gasteiger partial charge in [0.1, 0.15) is 0 Å². The molecule has 1 aliphatic rings. The molecular formula is C10H13BrO2. The standard InChI is InChI=1S/C8H7BrO2.C2H6/c1-5-6(9)2-3-7-8(5)11-4-10-7;1-2/h2-3H,4H2,1H3;1-2H3. The van der Waals surface area contributed by atoms with E-state index in [4.69, 9.17) is 9.47 Å². The lowest BCUT2D eigenvalue weighted by atomic mass is 10.2. The van der Waals surface area contributed by atoms with Crippen LogP contribution in [0.4, 0.5) is 0 Å². The van der Waals surface area contributed by atoms with Crippen LogP contribution in [-0.2, 0) is 0 Å². The number of ether oxygens (including phenoxy) is 2. The van der Waals surface area contributed by atoms with E-state index >= 15 is 0 Å². The van der Waals surface area contributed by atoms with E-state index in [1.54, 1.807) is 0 Å². The molecular weight excluding hydrogens is 232 g/mol. The average Bonchev–Trinajstić information content (AvgIpc) is 2.63. The van der Waals surface area contributed by atoms with Crippen molar-refractivity contribution < 1.29 is 9.47 Å². The van der Waals surface area contributed by atoms with Gasteiger partial charge in [-0.05, 0) is 19.1 Å². The summed E-state index contributed by atoms with van der Waals surface area (Å²) in [4.78, 5) is 0. The molecule has 0 unspecified atom stereocenters. The molecule has 0 fully saturated rings. The van der Waals surface area contributed by atoms with Crippen molar-refractivity contribution in [3.63, 3.8) is 0 Å². The molecule has 2 rings (SSSR count). The Kier molecular flexibility index (Phi) is 3.60. The van der Waals surface area contributed by atoms with Crippen molar-refractivity contribution in [2.45, 2.75) is 20.8 Å². The van der Waals surface area contributed by atoms with Crippen LogP contribution in [0.15, 0.2) is 16.6 Å². The second-order valence-electron chi connectivity index (χ2n) is 2.41. The monoisotopic (exact) mass is 244 g/mol. The zero-order valence-corrected chi connectivity index (χ0v) is 9.64. The molecule has 0 amide bonds. The number of hydrogen-bond acceptors (Lipinski definition) is 2. The van der Waals surface area contributed by atoms with Crippen LogP contribution in [0, 0.1) is 6.92 Å². The first-order valence-corrected chi connectivity index (χ1v) is 5.13. The number of fused-ring (bicyclic) bond motifs is 1. The summed E-state index contributed by atoms with van der Waals surface area (Å²) in [5.41, 5.74) is 1.10. The zero-order chi connectivity index (χ0) is 9.84. The van der Waals surface area contributed by atoms with Gasteiger partial charge in [-0.25, -0.2) is 0 Å². The van der Waals surface area contributed by atoms with Crippen LogP contribution in [0.3, 0.4) is 0 Å². The molecule has 1 aliphatic heterocycles. The zero-order valence-electron chi connectivity index (χ0n) is 8.06. The molecule has 1 heterocycles. The number of rotatable bonds is 0. The summed E-state index contributed by atoms with van der Waals surface area (Å²) in [5.74, 6) is 1.70. The van der Waals surface area contributed by atoms with Crippen molar-refractivity contribution in [2.24, 2.45) is 0 Å². The molecule has 0 aromatic heterocycles. The molecule has 0 atom stereocenters. The van der Waals surface area contributed by atoms with Gasteiger partial charge in [0, 0.05) is 10.0 Å². The molecule has 13 heavy (non-hydrogen) atoms. The van der Waals surface area contributed by atoms with E-state index in [0.29, 0.717) is 6.79 Å². The van der Waals surface area contributed by atoms with E-state index in [1.807, 2.05) is 32.9 Å². The van der Waals surface area contributed by atoms with Gasteiger partial charge in [-0.1, -0.05) is 29.8 Å². The lowest BCUT2D eigenvalue weighted by Crippen LogP contribution is -1.93. The smallest absolute Gasteiger partial charge is 0.231 e. The predicted molar refractivity (Wildman–Crippen MR) is 56.4 cm³/mol. The van der Waals surface area contributed by atoms with Crippen molar-refractivity contribution in [2.75, 3.05) is 6.79 Å². The van der Waals surface area contributed by atoms with Gasteiger partial charge in [0.15, 0.2) is 11.5 Å². The highest BCUT2D eigenvalue weighted by Crippen LogP contribution is 2.38. The minimum absolute atomic E-state index is 0.340. The second kappa shape index (κ2) is 4.51. The summed E-state index contributed by atoms with van der Waals surface area (Å²) in [5, 5.41) is 0. The maximum atomic E-state index is 5.26. The van der Waals surface area contributed by atoms with Crippen LogP contribution in [0.5, 0.6) is 11.5 Å². The van der Waals surface area contributed by atoms with Crippen LogP contribution in [0.2, 0.25) is 0 Å². The van der Waals surface area contributed by atoms with Crippen LogP contribution in [-0.4, -0.2) is 6.79 Å². The highest BCUT2D eigenvalue weighted by atomic mass is 79.9. The van der Waals surface area contributed by atoms with Crippen molar-refractivity contribution in [1.29, 1.82) is 0 Å². The van der Waals surface area contributed by atoms with E-state index in [9.17, 15) is 0 Å². The largest absolute Gasteiger partial charge is 0.454 e. The fourth-order valence-electron chi connectivity index (χ4n) is 1.09. The first kappa shape index (κ1) is 10.4. The molecule has 1 aromatic carbocycles. The normalized spacial score (nSPS) is 12.0. The number of benzene rings is 1. The van der Waals surface area contributed by atoms with Crippen molar-refractivity contribution in [3.05, 3.63) is 22.2 Å². The molecule has 0 saturated carbocycles. The fourth-order valence-corrected chi connectivity index (χ4v) is 1.40. The molecule has 1 aromatic rings. The fraction of sp³-hybridized carbons (Fsp3) is 0.400. The van der Waals surface area contributed by atoms with Crippen molar-refractivity contribution in [1.82, 2.24) is 0 Å². The Bertz CT molecular complexity index is 297. The Morgan fingerprint density at radius 3 is 2.62 bits per heavy atom. The lowest BCUT2D eigenvalue weighted by molar-refractivity contribution is 0.173. The second-order valence-corrected chi connectivity index (χ2v) is 3.26. The van der Waals surface area contributed by atoms with Crippen LogP contribution in [0.25, 0.3) is 0 Å². The van der Waals surface area contributed by atoms with E-state index in [0.717, 1.165) is 21.5 Å². The van der Waals surface area contributed by atoms with Crippen LogP contribution in [0.1, 0.15) is 19.4 Å². The van der Waals surface area contributed by atoms with Crippen LogP contribution < -0.4 is 9.47 Å². The summed E-state index contributed by atoms with van der Waals surface area (Å²) in [7, 11) is 0. The van der Waals surface area contributed by atoms with Crippen LogP contribution >= 0.6 is 15.9 Å². The van der Waals surface area contributed by atoms with E-state index in [2.05, 4.69) is 15.9 Å². The Morgan fingerprint density at radius 2 is 1.92 bits per heavy atom. The first-order chi connectivity index (χ1) is 6.29. The topological polar surface area (TPSA) is 18.5 Å². The maximum absolute atomic E-state index is 5.26.